The molecule has 2 aliphatic rings. The maximum atomic E-state index is 13.2. The van der Waals surface area contributed by atoms with Crippen LogP contribution in [-0.2, 0) is 11.3 Å². The molecule has 2 saturated heterocycles. The molecule has 3 rings (SSSR count). The molecule has 1 aromatic carbocycles. The van der Waals surface area contributed by atoms with E-state index in [2.05, 4.69) is 10.2 Å². The number of ether oxygens (including phenoxy) is 1. The normalized spacial score (nSPS) is 22.0. The van der Waals surface area contributed by atoms with E-state index in [-0.39, 0.29) is 11.8 Å². The van der Waals surface area contributed by atoms with E-state index in [9.17, 15) is 9.18 Å². The van der Waals surface area contributed by atoms with Crippen LogP contribution in [0.5, 0.6) is 0 Å². The van der Waals surface area contributed by atoms with Crippen molar-refractivity contribution in [1.82, 2.24) is 15.1 Å². The Labute approximate surface area is 149 Å². The third kappa shape index (κ3) is 5.41. The summed E-state index contributed by atoms with van der Waals surface area (Å²) in [7, 11) is 0. The Bertz CT molecular complexity index is 563. The molecule has 0 bridgehead atoms. The van der Waals surface area contributed by atoms with E-state index in [1.807, 2.05) is 11.0 Å². The molecule has 0 radical (unpaired) electrons. The van der Waals surface area contributed by atoms with Crippen LogP contribution in [0, 0.1) is 5.82 Å². The van der Waals surface area contributed by atoms with Crippen molar-refractivity contribution in [3.8, 4) is 0 Å². The average Bonchev–Trinajstić information content (AvgIpc) is 2.65. The Hall–Kier alpha value is -1.66. The first kappa shape index (κ1) is 18.1. The highest BCUT2D eigenvalue weighted by atomic mass is 19.1. The molecule has 1 atom stereocenters. The van der Waals surface area contributed by atoms with E-state index in [0.717, 1.165) is 64.2 Å². The summed E-state index contributed by atoms with van der Waals surface area (Å²) in [4.78, 5) is 17.0. The Kier molecular flexibility index (Phi) is 6.64. The second-order valence-electron chi connectivity index (χ2n) is 6.87. The van der Waals surface area contributed by atoms with Gasteiger partial charge in [0, 0.05) is 38.8 Å². The Morgan fingerprint density at radius 3 is 2.88 bits per heavy atom. The first-order valence-electron chi connectivity index (χ1n) is 9.31. The second-order valence-corrected chi connectivity index (χ2v) is 6.87. The van der Waals surface area contributed by atoms with E-state index >= 15 is 0 Å². The molecule has 1 N–H and O–H groups in total. The summed E-state index contributed by atoms with van der Waals surface area (Å²) in [5.41, 5.74) is 0.787. The fourth-order valence-corrected chi connectivity index (χ4v) is 3.65. The lowest BCUT2D eigenvalue weighted by atomic mass is 9.99. The van der Waals surface area contributed by atoms with Crippen LogP contribution in [0.2, 0.25) is 0 Å². The SMILES string of the molecule is O=C(NCc1cccc(F)c1)N1CCCC[C@@H]1CCN1CCOCC1. The highest BCUT2D eigenvalue weighted by Crippen LogP contribution is 2.20. The lowest BCUT2D eigenvalue weighted by Gasteiger charge is -2.37. The van der Waals surface area contributed by atoms with Crippen molar-refractivity contribution in [3.63, 3.8) is 0 Å². The number of nitrogens with zero attached hydrogens (tertiary/aromatic N) is 2. The molecular formula is C19H28FN3O2. The minimum atomic E-state index is -0.270. The number of morpholine rings is 1. The van der Waals surface area contributed by atoms with Gasteiger partial charge in [-0.25, -0.2) is 9.18 Å². The third-order valence-electron chi connectivity index (χ3n) is 5.10. The molecule has 0 aromatic heterocycles. The minimum Gasteiger partial charge on any atom is -0.379 e. The molecule has 0 aliphatic carbocycles. The summed E-state index contributed by atoms with van der Waals surface area (Å²) >= 11 is 0. The van der Waals surface area contributed by atoms with Crippen molar-refractivity contribution in [2.45, 2.75) is 38.3 Å². The van der Waals surface area contributed by atoms with Crippen molar-refractivity contribution in [1.29, 1.82) is 0 Å². The molecule has 0 saturated carbocycles. The van der Waals surface area contributed by atoms with Crippen LogP contribution in [0.15, 0.2) is 24.3 Å². The zero-order chi connectivity index (χ0) is 17.5. The topological polar surface area (TPSA) is 44.8 Å². The Balaban J connectivity index is 1.49. The molecule has 2 amide bonds. The number of benzene rings is 1. The van der Waals surface area contributed by atoms with Gasteiger partial charge in [0.05, 0.1) is 13.2 Å². The van der Waals surface area contributed by atoms with Crippen LogP contribution in [-0.4, -0.2) is 61.3 Å². The largest absolute Gasteiger partial charge is 0.379 e. The van der Waals surface area contributed by atoms with Gasteiger partial charge in [-0.1, -0.05) is 12.1 Å². The predicted octanol–water partition coefficient (Wildman–Crippen LogP) is 2.61. The number of amides is 2. The molecule has 138 valence electrons. The first-order valence-corrected chi connectivity index (χ1v) is 9.31. The van der Waals surface area contributed by atoms with E-state index < -0.39 is 0 Å². The molecule has 2 heterocycles. The zero-order valence-electron chi connectivity index (χ0n) is 14.8. The van der Waals surface area contributed by atoms with E-state index in [1.54, 1.807) is 6.07 Å². The number of halogens is 1. The molecule has 25 heavy (non-hydrogen) atoms. The number of rotatable bonds is 5. The number of carbonyl (C=O) groups excluding carboxylic acids is 1. The van der Waals surface area contributed by atoms with Crippen molar-refractivity contribution < 1.29 is 13.9 Å². The third-order valence-corrected chi connectivity index (χ3v) is 5.10. The Morgan fingerprint density at radius 2 is 2.08 bits per heavy atom. The number of hydrogen-bond acceptors (Lipinski definition) is 3. The second kappa shape index (κ2) is 9.15. The summed E-state index contributed by atoms with van der Waals surface area (Å²) in [6, 6.07) is 6.64. The zero-order valence-corrected chi connectivity index (χ0v) is 14.8. The fourth-order valence-electron chi connectivity index (χ4n) is 3.65. The molecular weight excluding hydrogens is 321 g/mol. The Morgan fingerprint density at radius 1 is 1.24 bits per heavy atom. The summed E-state index contributed by atoms with van der Waals surface area (Å²) in [6.07, 6.45) is 4.31. The molecule has 5 nitrogen and oxygen atoms in total. The predicted molar refractivity (Wildman–Crippen MR) is 94.9 cm³/mol. The number of likely N-dealkylation sites (tertiary alicyclic amines) is 1. The van der Waals surface area contributed by atoms with Gasteiger partial charge in [0.15, 0.2) is 0 Å². The van der Waals surface area contributed by atoms with Gasteiger partial charge in [0.25, 0.3) is 0 Å². The lowest BCUT2D eigenvalue weighted by Crippen LogP contribution is -2.50. The molecule has 6 heteroatoms. The van der Waals surface area contributed by atoms with Gasteiger partial charge in [-0.05, 0) is 43.4 Å². The summed E-state index contributed by atoms with van der Waals surface area (Å²) in [5, 5.41) is 2.95. The number of piperidine rings is 1. The monoisotopic (exact) mass is 349 g/mol. The molecule has 0 spiro atoms. The number of hydrogen-bond donors (Lipinski definition) is 1. The van der Waals surface area contributed by atoms with Crippen molar-refractivity contribution in [3.05, 3.63) is 35.6 Å². The minimum absolute atomic E-state index is 0.0315. The summed E-state index contributed by atoms with van der Waals surface area (Å²) in [5.74, 6) is -0.270. The van der Waals surface area contributed by atoms with Crippen LogP contribution in [0.3, 0.4) is 0 Å². The van der Waals surface area contributed by atoms with Gasteiger partial charge in [0.2, 0.25) is 0 Å². The van der Waals surface area contributed by atoms with Gasteiger partial charge in [-0.15, -0.1) is 0 Å². The van der Waals surface area contributed by atoms with Crippen LogP contribution >= 0.6 is 0 Å². The van der Waals surface area contributed by atoms with E-state index in [4.69, 9.17) is 4.74 Å². The van der Waals surface area contributed by atoms with Crippen molar-refractivity contribution in [2.75, 3.05) is 39.4 Å². The van der Waals surface area contributed by atoms with Crippen molar-refractivity contribution in [2.24, 2.45) is 0 Å². The van der Waals surface area contributed by atoms with Crippen LogP contribution in [0.25, 0.3) is 0 Å². The maximum absolute atomic E-state index is 13.2. The summed E-state index contributed by atoms with van der Waals surface area (Å²) in [6.45, 7) is 5.77. The molecule has 1 aromatic rings. The quantitative estimate of drug-likeness (QED) is 0.889. The lowest BCUT2D eigenvalue weighted by molar-refractivity contribution is 0.0326. The fraction of sp³-hybridized carbons (Fsp3) is 0.632. The summed E-state index contributed by atoms with van der Waals surface area (Å²) < 4.78 is 18.6. The smallest absolute Gasteiger partial charge is 0.317 e. The van der Waals surface area contributed by atoms with Crippen LogP contribution in [0.4, 0.5) is 9.18 Å². The van der Waals surface area contributed by atoms with Crippen LogP contribution < -0.4 is 5.32 Å². The van der Waals surface area contributed by atoms with Gasteiger partial charge < -0.3 is 15.0 Å². The van der Waals surface area contributed by atoms with Gasteiger partial charge in [-0.2, -0.15) is 0 Å². The number of nitrogens with one attached hydrogen (secondary N) is 1. The molecule has 2 fully saturated rings. The van der Waals surface area contributed by atoms with E-state index in [0.29, 0.717) is 12.6 Å². The molecule has 2 aliphatic heterocycles. The standard InChI is InChI=1S/C19H28FN3O2/c20-17-5-3-4-16(14-17)15-21-19(24)23-8-2-1-6-18(23)7-9-22-10-12-25-13-11-22/h3-5,14,18H,1-2,6-13,15H2,(H,21,24)/t18-/m1/s1. The van der Waals surface area contributed by atoms with Crippen molar-refractivity contribution >= 4 is 6.03 Å². The van der Waals surface area contributed by atoms with Crippen LogP contribution in [0.1, 0.15) is 31.2 Å². The molecule has 0 unspecified atom stereocenters. The van der Waals surface area contributed by atoms with E-state index in [1.165, 1.54) is 18.6 Å². The average molecular weight is 349 g/mol. The highest BCUT2D eigenvalue weighted by molar-refractivity contribution is 5.74. The highest BCUT2D eigenvalue weighted by Gasteiger charge is 2.27. The first-order chi connectivity index (χ1) is 12.2. The van der Waals surface area contributed by atoms with Gasteiger partial charge in [-0.3, -0.25) is 4.90 Å². The van der Waals surface area contributed by atoms with Gasteiger partial charge in [0.1, 0.15) is 5.82 Å². The van der Waals surface area contributed by atoms with Gasteiger partial charge >= 0.3 is 6.03 Å². The number of urea groups is 1. The maximum Gasteiger partial charge on any atom is 0.317 e. The number of carbonyl (C=O) groups is 1.